The van der Waals surface area contributed by atoms with E-state index in [4.69, 9.17) is 14.2 Å². The van der Waals surface area contributed by atoms with Crippen LogP contribution in [-0.4, -0.2) is 37.2 Å². The molecule has 82 heavy (non-hydrogen) atoms. The van der Waals surface area contributed by atoms with E-state index in [-0.39, 0.29) is 31.1 Å². The van der Waals surface area contributed by atoms with Crippen molar-refractivity contribution in [2.45, 2.75) is 303 Å². The molecule has 0 fully saturated rings. The fourth-order valence-electron chi connectivity index (χ4n) is 9.10. The molecule has 0 saturated carbocycles. The van der Waals surface area contributed by atoms with Gasteiger partial charge in [-0.25, -0.2) is 0 Å². The van der Waals surface area contributed by atoms with Crippen LogP contribution in [0.2, 0.25) is 0 Å². The lowest BCUT2D eigenvalue weighted by Gasteiger charge is -2.18. The minimum absolute atomic E-state index is 0.0890. The van der Waals surface area contributed by atoms with Crippen molar-refractivity contribution in [1.82, 2.24) is 0 Å². The molecule has 0 saturated heterocycles. The molecule has 0 aliphatic rings. The van der Waals surface area contributed by atoms with E-state index in [0.717, 1.165) is 161 Å². The van der Waals surface area contributed by atoms with Crippen molar-refractivity contribution in [3.8, 4) is 0 Å². The molecule has 0 aliphatic carbocycles. The first-order valence-corrected chi connectivity index (χ1v) is 33.8. The summed E-state index contributed by atoms with van der Waals surface area (Å²) in [6, 6.07) is 0. The summed E-state index contributed by atoms with van der Waals surface area (Å²) in [6.45, 7) is 6.40. The summed E-state index contributed by atoms with van der Waals surface area (Å²) in [4.78, 5) is 38.4. The van der Waals surface area contributed by atoms with Gasteiger partial charge in [0.25, 0.3) is 0 Å². The third-order valence-corrected chi connectivity index (χ3v) is 14.1. The van der Waals surface area contributed by atoms with Crippen LogP contribution in [0, 0.1) is 0 Å². The molecule has 0 aliphatic heterocycles. The Morgan fingerprint density at radius 2 is 0.476 bits per heavy atom. The number of hydrogen-bond donors (Lipinski definition) is 0. The molecule has 1 atom stereocenters. The fraction of sp³-hybridized carbons (Fsp3) is 0.645. The summed E-state index contributed by atoms with van der Waals surface area (Å²) >= 11 is 0. The van der Waals surface area contributed by atoms with Gasteiger partial charge in [0.15, 0.2) is 6.10 Å². The summed E-state index contributed by atoms with van der Waals surface area (Å²) in [5.74, 6) is -0.911. The molecule has 6 heteroatoms. The standard InChI is InChI=1S/C76H124O6/c1-4-7-10-13-16-19-22-25-27-29-31-33-35-37-38-40-41-43-45-47-49-51-54-57-60-63-66-69-75(78)81-72-73(71-80-74(77)68-65-62-59-56-53-24-21-18-15-12-9-6-3)82-76(79)70-67-64-61-58-55-52-50-48-46-44-42-39-36-34-32-30-28-26-23-20-17-14-11-8-5-2/h7-8,10-11,16-17,19-20,25-28,31-34,37-39,41-43,47,49,73H,4-6,9,12-15,18,21-24,29-30,35-36,40,44-46,48,50-72H2,1-3H3/b10-7-,11-8-,19-16-,20-17-,27-25-,28-26-,33-31-,34-32-,38-37-,42-39-,43-41-,49-47-. The maximum Gasteiger partial charge on any atom is 0.306 e. The van der Waals surface area contributed by atoms with Crippen molar-refractivity contribution >= 4 is 17.9 Å². The molecule has 0 aromatic rings. The van der Waals surface area contributed by atoms with Gasteiger partial charge in [0.05, 0.1) is 0 Å². The molecule has 0 bridgehead atoms. The van der Waals surface area contributed by atoms with E-state index in [1.807, 2.05) is 0 Å². The maximum atomic E-state index is 12.9. The Kier molecular flexibility index (Phi) is 64.8. The van der Waals surface area contributed by atoms with E-state index in [2.05, 4.69) is 167 Å². The molecule has 0 rings (SSSR count). The normalized spacial score (nSPS) is 13.1. The van der Waals surface area contributed by atoms with Crippen LogP contribution in [0.4, 0.5) is 0 Å². The van der Waals surface area contributed by atoms with Crippen LogP contribution in [-0.2, 0) is 28.6 Å². The van der Waals surface area contributed by atoms with E-state index >= 15 is 0 Å². The highest BCUT2D eigenvalue weighted by Crippen LogP contribution is 2.16. The number of hydrogen-bond acceptors (Lipinski definition) is 6. The Balaban J connectivity index is 4.38. The monoisotopic (exact) mass is 1130 g/mol. The lowest BCUT2D eigenvalue weighted by Crippen LogP contribution is -2.30. The van der Waals surface area contributed by atoms with Gasteiger partial charge in [-0.15, -0.1) is 0 Å². The number of allylic oxidation sites excluding steroid dienone is 24. The minimum Gasteiger partial charge on any atom is -0.462 e. The van der Waals surface area contributed by atoms with Crippen LogP contribution >= 0.6 is 0 Å². The average Bonchev–Trinajstić information content (AvgIpc) is 3.47. The molecule has 464 valence electrons. The second-order valence-electron chi connectivity index (χ2n) is 22.0. The van der Waals surface area contributed by atoms with E-state index in [1.165, 1.54) is 96.3 Å². The molecule has 0 aromatic heterocycles. The second kappa shape index (κ2) is 68.8. The van der Waals surface area contributed by atoms with E-state index in [0.29, 0.717) is 19.3 Å². The smallest absolute Gasteiger partial charge is 0.306 e. The molecule has 0 heterocycles. The van der Waals surface area contributed by atoms with E-state index in [9.17, 15) is 14.4 Å². The summed E-state index contributed by atoms with van der Waals surface area (Å²) in [6.07, 6.45) is 98.5. The van der Waals surface area contributed by atoms with Crippen molar-refractivity contribution in [2.24, 2.45) is 0 Å². The van der Waals surface area contributed by atoms with Gasteiger partial charge in [0.1, 0.15) is 13.2 Å². The van der Waals surface area contributed by atoms with E-state index in [1.54, 1.807) is 0 Å². The Morgan fingerprint density at radius 1 is 0.256 bits per heavy atom. The summed E-state index contributed by atoms with van der Waals surface area (Å²) in [7, 11) is 0. The number of rotatable bonds is 60. The van der Waals surface area contributed by atoms with Crippen LogP contribution in [0.1, 0.15) is 297 Å². The highest BCUT2D eigenvalue weighted by Gasteiger charge is 2.19. The molecule has 0 N–H and O–H groups in total. The highest BCUT2D eigenvalue weighted by molar-refractivity contribution is 5.71. The van der Waals surface area contributed by atoms with Crippen LogP contribution in [0.25, 0.3) is 0 Å². The van der Waals surface area contributed by atoms with Gasteiger partial charge in [-0.1, -0.05) is 301 Å². The molecule has 0 aromatic carbocycles. The highest BCUT2D eigenvalue weighted by atomic mass is 16.6. The SMILES string of the molecule is CC/C=C\C/C=C\C/C=C\C/C=C\C/C=C\C/C=C\C/C=C\CCCCCCCC(=O)OCC(COC(=O)CCCCCCCCCCCCCC)OC(=O)CCCCCCCCCCC/C=C\C/C=C\C/C=C\C/C=C\C/C=C\CC. The number of carbonyl (C=O) groups is 3. The fourth-order valence-corrected chi connectivity index (χ4v) is 9.10. The molecule has 6 nitrogen and oxygen atoms in total. The summed E-state index contributed by atoms with van der Waals surface area (Å²) in [5.41, 5.74) is 0. The lowest BCUT2D eigenvalue weighted by atomic mass is 10.0. The zero-order valence-electron chi connectivity index (χ0n) is 53.2. The minimum atomic E-state index is -0.796. The molecule has 0 radical (unpaired) electrons. The Labute approximate surface area is 506 Å². The average molecular weight is 1130 g/mol. The quantitative estimate of drug-likeness (QED) is 0.0261. The van der Waals surface area contributed by atoms with Gasteiger partial charge in [0, 0.05) is 19.3 Å². The van der Waals surface area contributed by atoms with Crippen molar-refractivity contribution < 1.29 is 28.6 Å². The van der Waals surface area contributed by atoms with Gasteiger partial charge < -0.3 is 14.2 Å². The van der Waals surface area contributed by atoms with Gasteiger partial charge >= 0.3 is 17.9 Å². The van der Waals surface area contributed by atoms with Crippen LogP contribution in [0.5, 0.6) is 0 Å². The largest absolute Gasteiger partial charge is 0.462 e. The zero-order chi connectivity index (χ0) is 59.2. The van der Waals surface area contributed by atoms with Crippen molar-refractivity contribution in [3.63, 3.8) is 0 Å². The van der Waals surface area contributed by atoms with Crippen LogP contribution in [0.3, 0.4) is 0 Å². The van der Waals surface area contributed by atoms with Crippen molar-refractivity contribution in [3.05, 3.63) is 146 Å². The van der Waals surface area contributed by atoms with Crippen LogP contribution < -0.4 is 0 Å². The lowest BCUT2D eigenvalue weighted by molar-refractivity contribution is -0.167. The predicted molar refractivity (Wildman–Crippen MR) is 357 cm³/mol. The molecule has 0 amide bonds. The zero-order valence-corrected chi connectivity index (χ0v) is 53.2. The number of carbonyl (C=O) groups excluding carboxylic acids is 3. The van der Waals surface area contributed by atoms with Crippen LogP contribution in [0.15, 0.2) is 146 Å². The van der Waals surface area contributed by atoms with Crippen molar-refractivity contribution in [1.29, 1.82) is 0 Å². The second-order valence-corrected chi connectivity index (χ2v) is 22.0. The molecule has 0 spiro atoms. The number of ether oxygens (including phenoxy) is 3. The Bertz CT molecular complexity index is 1780. The number of unbranched alkanes of at least 4 members (excludes halogenated alkanes) is 25. The van der Waals surface area contributed by atoms with E-state index < -0.39 is 6.10 Å². The first-order valence-electron chi connectivity index (χ1n) is 33.8. The molecular formula is C76H124O6. The molecular weight excluding hydrogens is 1010 g/mol. The first kappa shape index (κ1) is 77.3. The summed E-state index contributed by atoms with van der Waals surface area (Å²) in [5, 5.41) is 0. The van der Waals surface area contributed by atoms with Gasteiger partial charge in [-0.05, 0) is 122 Å². The Hall–Kier alpha value is -4.71. The molecule has 1 unspecified atom stereocenters. The number of esters is 3. The topological polar surface area (TPSA) is 78.9 Å². The van der Waals surface area contributed by atoms with Crippen molar-refractivity contribution in [2.75, 3.05) is 13.2 Å². The third-order valence-electron chi connectivity index (χ3n) is 14.1. The Morgan fingerprint density at radius 3 is 0.744 bits per heavy atom. The van der Waals surface area contributed by atoms with Gasteiger partial charge in [-0.3, -0.25) is 14.4 Å². The predicted octanol–water partition coefficient (Wildman–Crippen LogP) is 23.5. The maximum absolute atomic E-state index is 12.9. The third kappa shape index (κ3) is 66.1. The van der Waals surface area contributed by atoms with Gasteiger partial charge in [0.2, 0.25) is 0 Å². The first-order chi connectivity index (χ1) is 40.5. The summed E-state index contributed by atoms with van der Waals surface area (Å²) < 4.78 is 16.9. The van der Waals surface area contributed by atoms with Gasteiger partial charge in [-0.2, -0.15) is 0 Å².